The topological polar surface area (TPSA) is 55.8 Å². The Morgan fingerprint density at radius 3 is 1.59 bits per heavy atom. The van der Waals surface area contributed by atoms with E-state index >= 15 is 0 Å². The molecule has 0 fully saturated rings. The van der Waals surface area contributed by atoms with Gasteiger partial charge in [-0.15, -0.1) is 0 Å². The minimum atomic E-state index is -0.598. The SMILES string of the molecule is CCCCCCCCCCCCCCCCOC(=O)C(CC(C)C)N(C)C(=O)OCC(C)(C)C. The Balaban J connectivity index is 3.96. The summed E-state index contributed by atoms with van der Waals surface area (Å²) in [6, 6.07) is -0.598. The highest BCUT2D eigenvalue weighted by molar-refractivity contribution is 5.81. The van der Waals surface area contributed by atoms with Crippen LogP contribution in [0.2, 0.25) is 0 Å². The van der Waals surface area contributed by atoms with Gasteiger partial charge in [-0.2, -0.15) is 0 Å². The first-order chi connectivity index (χ1) is 16.1. The maximum absolute atomic E-state index is 12.7. The van der Waals surface area contributed by atoms with Crippen molar-refractivity contribution in [2.24, 2.45) is 11.3 Å². The van der Waals surface area contributed by atoms with Crippen molar-refractivity contribution in [1.29, 1.82) is 0 Å². The molecule has 0 aromatic carbocycles. The lowest BCUT2D eigenvalue weighted by molar-refractivity contribution is -0.149. The molecular weight excluding hydrogens is 426 g/mol. The molecule has 0 rings (SSSR count). The second-order valence-corrected chi connectivity index (χ2v) is 11.6. The summed E-state index contributed by atoms with van der Waals surface area (Å²) in [5, 5.41) is 0. The van der Waals surface area contributed by atoms with Crippen molar-refractivity contribution in [3.63, 3.8) is 0 Å². The molecule has 0 aliphatic carbocycles. The molecule has 5 nitrogen and oxygen atoms in total. The molecule has 202 valence electrons. The summed E-state index contributed by atoms with van der Waals surface area (Å²) < 4.78 is 10.9. The summed E-state index contributed by atoms with van der Waals surface area (Å²) in [6.07, 6.45) is 18.3. The van der Waals surface area contributed by atoms with Crippen LogP contribution >= 0.6 is 0 Å². The number of ether oxygens (including phenoxy) is 2. The van der Waals surface area contributed by atoms with Gasteiger partial charge in [-0.25, -0.2) is 9.59 Å². The minimum Gasteiger partial charge on any atom is -0.464 e. The Labute approximate surface area is 211 Å². The fraction of sp³-hybridized carbons (Fsp3) is 0.931. The molecule has 0 spiro atoms. The van der Waals surface area contributed by atoms with E-state index in [-0.39, 0.29) is 17.3 Å². The lowest BCUT2D eigenvalue weighted by Gasteiger charge is -2.28. The van der Waals surface area contributed by atoms with Gasteiger partial charge in [0.05, 0.1) is 13.2 Å². The molecule has 0 aromatic heterocycles. The van der Waals surface area contributed by atoms with Gasteiger partial charge in [0, 0.05) is 7.05 Å². The number of carbonyl (C=O) groups excluding carboxylic acids is 2. The van der Waals surface area contributed by atoms with Gasteiger partial charge in [-0.3, -0.25) is 4.90 Å². The van der Waals surface area contributed by atoms with E-state index in [1.807, 2.05) is 34.6 Å². The third kappa shape index (κ3) is 19.1. The van der Waals surface area contributed by atoms with Crippen LogP contribution < -0.4 is 0 Å². The number of hydrogen-bond donors (Lipinski definition) is 0. The molecule has 0 saturated heterocycles. The fourth-order valence-corrected chi connectivity index (χ4v) is 3.93. The monoisotopic (exact) mass is 483 g/mol. The zero-order valence-corrected chi connectivity index (χ0v) is 23.8. The van der Waals surface area contributed by atoms with Gasteiger partial charge in [0.2, 0.25) is 0 Å². The zero-order valence-electron chi connectivity index (χ0n) is 23.8. The van der Waals surface area contributed by atoms with E-state index in [9.17, 15) is 9.59 Å². The summed E-state index contributed by atoms with van der Waals surface area (Å²) in [5.74, 6) is -0.0462. The summed E-state index contributed by atoms with van der Waals surface area (Å²) in [7, 11) is 1.63. The number of amides is 1. The van der Waals surface area contributed by atoms with Gasteiger partial charge in [0.25, 0.3) is 0 Å². The Morgan fingerprint density at radius 1 is 0.735 bits per heavy atom. The highest BCUT2D eigenvalue weighted by Gasteiger charge is 2.30. The molecule has 5 heteroatoms. The molecule has 0 bridgehead atoms. The van der Waals surface area contributed by atoms with Crippen molar-refractivity contribution < 1.29 is 19.1 Å². The van der Waals surface area contributed by atoms with Crippen molar-refractivity contribution in [1.82, 2.24) is 4.90 Å². The number of nitrogens with zero attached hydrogens (tertiary/aromatic N) is 1. The van der Waals surface area contributed by atoms with E-state index in [2.05, 4.69) is 6.92 Å². The van der Waals surface area contributed by atoms with Crippen molar-refractivity contribution >= 4 is 12.1 Å². The maximum Gasteiger partial charge on any atom is 0.410 e. The molecule has 0 heterocycles. The average molecular weight is 484 g/mol. The van der Waals surface area contributed by atoms with Gasteiger partial charge < -0.3 is 9.47 Å². The summed E-state index contributed by atoms with van der Waals surface area (Å²) >= 11 is 0. The fourth-order valence-electron chi connectivity index (χ4n) is 3.93. The van der Waals surface area contributed by atoms with Crippen LogP contribution in [0.5, 0.6) is 0 Å². The van der Waals surface area contributed by atoms with Crippen LogP contribution in [-0.2, 0) is 14.3 Å². The van der Waals surface area contributed by atoms with Crippen molar-refractivity contribution in [3.05, 3.63) is 0 Å². The predicted molar refractivity (Wildman–Crippen MR) is 143 cm³/mol. The highest BCUT2D eigenvalue weighted by atomic mass is 16.6. The molecule has 0 saturated carbocycles. The van der Waals surface area contributed by atoms with Crippen LogP contribution in [0.3, 0.4) is 0 Å². The maximum atomic E-state index is 12.7. The van der Waals surface area contributed by atoms with Gasteiger partial charge in [0.1, 0.15) is 6.04 Å². The van der Waals surface area contributed by atoms with E-state index in [1.165, 1.54) is 81.9 Å². The highest BCUT2D eigenvalue weighted by Crippen LogP contribution is 2.17. The standard InChI is InChI=1S/C29H57NO4/c1-8-9-10-11-12-13-14-15-16-17-18-19-20-21-22-33-27(31)26(23-25(2)3)30(7)28(32)34-24-29(4,5)6/h25-26H,8-24H2,1-7H3. The molecule has 34 heavy (non-hydrogen) atoms. The Bertz CT molecular complexity index is 513. The first kappa shape index (κ1) is 32.7. The third-order valence-corrected chi connectivity index (χ3v) is 6.09. The molecular formula is C29H57NO4. The van der Waals surface area contributed by atoms with Gasteiger partial charge >= 0.3 is 12.1 Å². The van der Waals surface area contributed by atoms with Crippen molar-refractivity contribution in [2.45, 2.75) is 144 Å². The lowest BCUT2D eigenvalue weighted by atomic mass is 9.99. The van der Waals surface area contributed by atoms with Gasteiger partial charge in [-0.1, -0.05) is 125 Å². The van der Waals surface area contributed by atoms with Crippen LogP contribution in [0.15, 0.2) is 0 Å². The quantitative estimate of drug-likeness (QED) is 0.129. The zero-order chi connectivity index (χ0) is 25.8. The second-order valence-electron chi connectivity index (χ2n) is 11.6. The van der Waals surface area contributed by atoms with E-state index in [1.54, 1.807) is 7.05 Å². The van der Waals surface area contributed by atoms with Crippen LogP contribution in [0.25, 0.3) is 0 Å². The number of carbonyl (C=O) groups is 2. The third-order valence-electron chi connectivity index (χ3n) is 6.09. The van der Waals surface area contributed by atoms with Crippen LogP contribution in [0.4, 0.5) is 4.79 Å². The van der Waals surface area contributed by atoms with E-state index in [0.717, 1.165) is 12.8 Å². The number of hydrogen-bond acceptors (Lipinski definition) is 4. The molecule has 1 amide bonds. The largest absolute Gasteiger partial charge is 0.464 e. The number of esters is 1. The van der Waals surface area contributed by atoms with Gasteiger partial charge in [0.15, 0.2) is 0 Å². The van der Waals surface area contributed by atoms with Crippen molar-refractivity contribution in [2.75, 3.05) is 20.3 Å². The normalized spacial score (nSPS) is 12.6. The number of unbranched alkanes of at least 4 members (excludes halogenated alkanes) is 13. The molecule has 0 aliphatic rings. The van der Waals surface area contributed by atoms with E-state index in [0.29, 0.717) is 19.6 Å². The summed E-state index contributed by atoms with van der Waals surface area (Å²) in [6.45, 7) is 13.1. The summed E-state index contributed by atoms with van der Waals surface area (Å²) in [4.78, 5) is 26.5. The molecule has 1 atom stereocenters. The van der Waals surface area contributed by atoms with Crippen LogP contribution in [0.1, 0.15) is 138 Å². The van der Waals surface area contributed by atoms with E-state index < -0.39 is 12.1 Å². The molecule has 0 N–H and O–H groups in total. The Kier molecular flexibility index (Phi) is 19.2. The first-order valence-corrected chi connectivity index (χ1v) is 14.1. The van der Waals surface area contributed by atoms with Crippen LogP contribution in [-0.4, -0.2) is 43.3 Å². The van der Waals surface area contributed by atoms with E-state index in [4.69, 9.17) is 9.47 Å². The first-order valence-electron chi connectivity index (χ1n) is 14.1. The summed E-state index contributed by atoms with van der Waals surface area (Å²) in [5.41, 5.74) is -0.113. The Hall–Kier alpha value is -1.26. The molecule has 1 unspecified atom stereocenters. The molecule has 0 aliphatic heterocycles. The minimum absolute atomic E-state index is 0.113. The lowest BCUT2D eigenvalue weighted by Crippen LogP contribution is -2.45. The van der Waals surface area contributed by atoms with Crippen molar-refractivity contribution in [3.8, 4) is 0 Å². The smallest absolute Gasteiger partial charge is 0.410 e. The predicted octanol–water partition coefficient (Wildman–Crippen LogP) is 8.54. The van der Waals surface area contributed by atoms with Gasteiger partial charge in [-0.05, 0) is 24.2 Å². The van der Waals surface area contributed by atoms with Crippen LogP contribution in [0, 0.1) is 11.3 Å². The number of rotatable bonds is 20. The Morgan fingerprint density at radius 2 is 1.18 bits per heavy atom. The molecule has 0 aromatic rings. The average Bonchev–Trinajstić information content (AvgIpc) is 2.77. The molecule has 0 radical (unpaired) electrons. The second kappa shape index (κ2) is 20.0. The number of likely N-dealkylation sites (N-methyl/N-ethyl adjacent to an activating group) is 1.